The van der Waals surface area contributed by atoms with Crippen LogP contribution in [-0.2, 0) is 10.4 Å². The van der Waals surface area contributed by atoms with Gasteiger partial charge in [-0.25, -0.2) is 0 Å². The van der Waals surface area contributed by atoms with Gasteiger partial charge in [0.25, 0.3) is 0 Å². The number of benzene rings is 1. The normalized spacial score (nSPS) is 10.7. The van der Waals surface area contributed by atoms with Crippen LogP contribution in [-0.4, -0.2) is 54.0 Å². The highest BCUT2D eigenvalue weighted by molar-refractivity contribution is 7.79. The van der Waals surface area contributed by atoms with Crippen LogP contribution in [0.25, 0.3) is 0 Å². The van der Waals surface area contributed by atoms with Crippen LogP contribution in [0.5, 0.6) is 0 Å². The highest BCUT2D eigenvalue weighted by atomic mass is 32.3. The van der Waals surface area contributed by atoms with Gasteiger partial charge in [-0.15, -0.1) is 0 Å². The molecular formula is C11H20N2O6S. The van der Waals surface area contributed by atoms with Gasteiger partial charge in [0.15, 0.2) is 0 Å². The first-order chi connectivity index (χ1) is 9.19. The summed E-state index contributed by atoms with van der Waals surface area (Å²) in [4.78, 5) is 1.92. The van der Waals surface area contributed by atoms with Crippen molar-refractivity contribution in [2.24, 2.45) is 0 Å². The fourth-order valence-corrected chi connectivity index (χ4v) is 1.47. The summed E-state index contributed by atoms with van der Waals surface area (Å²) in [5.74, 6) is 0. The zero-order chi connectivity index (χ0) is 15.8. The Bertz CT molecular complexity index is 492. The summed E-state index contributed by atoms with van der Waals surface area (Å²) in [6.45, 7) is 3.12. The molecule has 0 radical (unpaired) electrons. The van der Waals surface area contributed by atoms with Crippen LogP contribution in [0.3, 0.4) is 0 Å². The Kier molecular flexibility index (Phi) is 8.11. The minimum absolute atomic E-state index is 0.0728. The molecule has 9 heteroatoms. The van der Waals surface area contributed by atoms with E-state index in [4.69, 9.17) is 33.5 Å². The Morgan fingerprint density at radius 2 is 1.60 bits per heavy atom. The molecule has 8 nitrogen and oxygen atoms in total. The summed E-state index contributed by atoms with van der Waals surface area (Å²) in [5, 5.41) is 17.8. The first-order valence-corrected chi connectivity index (χ1v) is 7.11. The maximum absolute atomic E-state index is 8.90. The van der Waals surface area contributed by atoms with Crippen molar-refractivity contribution < 1.29 is 27.7 Å². The standard InChI is InChI=1S/C11H18N2O2.H2O4S/c1-9-8-10(2-3-11(9)12)13(4-6-14)5-7-15;1-5(2,3)4/h2-3,8,14-15H,4-7,12H2,1H3;(H2,1,2,3,4). The number of aliphatic hydroxyl groups excluding tert-OH is 2. The number of rotatable bonds is 5. The van der Waals surface area contributed by atoms with Crippen LogP contribution in [0.2, 0.25) is 0 Å². The van der Waals surface area contributed by atoms with E-state index in [-0.39, 0.29) is 13.2 Å². The molecule has 116 valence electrons. The number of nitrogens with two attached hydrogens (primary N) is 1. The van der Waals surface area contributed by atoms with Gasteiger partial charge >= 0.3 is 10.4 Å². The summed E-state index contributed by atoms with van der Waals surface area (Å²) in [7, 11) is -4.67. The summed E-state index contributed by atoms with van der Waals surface area (Å²) in [6.07, 6.45) is 0. The Morgan fingerprint density at radius 1 is 1.15 bits per heavy atom. The van der Waals surface area contributed by atoms with Crippen molar-refractivity contribution in [1.29, 1.82) is 0 Å². The third-order valence-corrected chi connectivity index (χ3v) is 2.36. The predicted molar refractivity (Wildman–Crippen MR) is 76.2 cm³/mol. The lowest BCUT2D eigenvalue weighted by Crippen LogP contribution is -2.29. The summed E-state index contributed by atoms with van der Waals surface area (Å²) in [6, 6.07) is 5.70. The van der Waals surface area contributed by atoms with Gasteiger partial charge in [-0.2, -0.15) is 8.42 Å². The molecule has 0 amide bonds. The molecule has 1 rings (SSSR count). The molecule has 0 bridgehead atoms. The maximum atomic E-state index is 8.90. The van der Waals surface area contributed by atoms with Gasteiger partial charge in [0.2, 0.25) is 0 Å². The Hall–Kier alpha value is -1.39. The van der Waals surface area contributed by atoms with E-state index in [9.17, 15) is 0 Å². The zero-order valence-electron chi connectivity index (χ0n) is 11.1. The first-order valence-electron chi connectivity index (χ1n) is 5.71. The maximum Gasteiger partial charge on any atom is 0.394 e. The molecule has 1 aromatic rings. The molecule has 0 unspecified atom stereocenters. The minimum Gasteiger partial charge on any atom is -0.399 e. The molecule has 0 saturated heterocycles. The largest absolute Gasteiger partial charge is 0.399 e. The van der Waals surface area contributed by atoms with E-state index < -0.39 is 10.4 Å². The molecule has 20 heavy (non-hydrogen) atoms. The third-order valence-electron chi connectivity index (χ3n) is 2.36. The van der Waals surface area contributed by atoms with Gasteiger partial charge in [-0.1, -0.05) is 0 Å². The second kappa shape index (κ2) is 8.72. The molecule has 0 saturated carbocycles. The van der Waals surface area contributed by atoms with E-state index in [0.29, 0.717) is 13.1 Å². The van der Waals surface area contributed by atoms with Crippen molar-refractivity contribution in [1.82, 2.24) is 0 Å². The SMILES string of the molecule is Cc1cc(N(CCO)CCO)ccc1N.O=S(=O)(O)O. The van der Waals surface area contributed by atoms with Gasteiger partial charge < -0.3 is 20.8 Å². The number of anilines is 2. The van der Waals surface area contributed by atoms with E-state index in [2.05, 4.69) is 0 Å². The van der Waals surface area contributed by atoms with E-state index in [1.807, 2.05) is 30.0 Å². The van der Waals surface area contributed by atoms with Crippen molar-refractivity contribution in [2.75, 3.05) is 36.9 Å². The van der Waals surface area contributed by atoms with E-state index >= 15 is 0 Å². The van der Waals surface area contributed by atoms with Crippen LogP contribution >= 0.6 is 0 Å². The number of nitrogen functional groups attached to an aromatic ring is 1. The average molecular weight is 308 g/mol. The van der Waals surface area contributed by atoms with Crippen molar-refractivity contribution in [2.45, 2.75) is 6.92 Å². The first kappa shape index (κ1) is 18.6. The molecule has 0 aliphatic carbocycles. The number of nitrogens with zero attached hydrogens (tertiary/aromatic N) is 1. The second-order valence-corrected chi connectivity index (χ2v) is 4.82. The molecule has 6 N–H and O–H groups in total. The molecule has 0 atom stereocenters. The van der Waals surface area contributed by atoms with Crippen LogP contribution < -0.4 is 10.6 Å². The smallest absolute Gasteiger partial charge is 0.394 e. The number of aliphatic hydroxyl groups is 2. The third kappa shape index (κ3) is 8.67. The highest BCUT2D eigenvalue weighted by Crippen LogP contribution is 2.20. The van der Waals surface area contributed by atoms with Crippen LogP contribution in [0.15, 0.2) is 18.2 Å². The fraction of sp³-hybridized carbons (Fsp3) is 0.455. The molecular weight excluding hydrogens is 288 g/mol. The van der Waals surface area contributed by atoms with Crippen LogP contribution in [0.4, 0.5) is 11.4 Å². The van der Waals surface area contributed by atoms with Crippen molar-refractivity contribution in [3.63, 3.8) is 0 Å². The monoisotopic (exact) mass is 308 g/mol. The molecule has 0 fully saturated rings. The van der Waals surface area contributed by atoms with Crippen molar-refractivity contribution in [3.8, 4) is 0 Å². The summed E-state index contributed by atoms with van der Waals surface area (Å²) in [5.41, 5.74) is 8.46. The molecule has 0 heterocycles. The van der Waals surface area contributed by atoms with E-state index in [0.717, 1.165) is 16.9 Å². The number of hydrogen-bond donors (Lipinski definition) is 5. The quantitative estimate of drug-likeness (QED) is 0.369. The molecule has 0 aromatic heterocycles. The fourth-order valence-electron chi connectivity index (χ4n) is 1.47. The number of hydrogen-bond acceptors (Lipinski definition) is 6. The second-order valence-electron chi connectivity index (χ2n) is 3.92. The van der Waals surface area contributed by atoms with Crippen molar-refractivity contribution in [3.05, 3.63) is 23.8 Å². The lowest BCUT2D eigenvalue weighted by Gasteiger charge is -2.23. The van der Waals surface area contributed by atoms with Gasteiger partial charge in [-0.05, 0) is 30.7 Å². The van der Waals surface area contributed by atoms with Gasteiger partial charge in [-0.3, -0.25) is 9.11 Å². The molecule has 0 aliphatic rings. The summed E-state index contributed by atoms with van der Waals surface area (Å²) < 4.78 is 31.6. The summed E-state index contributed by atoms with van der Waals surface area (Å²) >= 11 is 0. The molecule has 0 spiro atoms. The van der Waals surface area contributed by atoms with E-state index in [1.54, 1.807) is 0 Å². The van der Waals surface area contributed by atoms with Gasteiger partial charge in [0, 0.05) is 24.5 Å². The van der Waals surface area contributed by atoms with Gasteiger partial charge in [0.05, 0.1) is 13.2 Å². The lowest BCUT2D eigenvalue weighted by molar-refractivity contribution is 0.281. The zero-order valence-corrected chi connectivity index (χ0v) is 11.9. The van der Waals surface area contributed by atoms with Crippen molar-refractivity contribution >= 4 is 21.8 Å². The average Bonchev–Trinajstić information content (AvgIpc) is 2.30. The predicted octanol–water partition coefficient (Wildman–Crippen LogP) is -0.285. The highest BCUT2D eigenvalue weighted by Gasteiger charge is 2.05. The lowest BCUT2D eigenvalue weighted by atomic mass is 10.1. The molecule has 1 aromatic carbocycles. The van der Waals surface area contributed by atoms with Crippen LogP contribution in [0.1, 0.15) is 5.56 Å². The van der Waals surface area contributed by atoms with E-state index in [1.165, 1.54) is 0 Å². The van der Waals surface area contributed by atoms with Crippen LogP contribution in [0, 0.1) is 6.92 Å². The Balaban J connectivity index is 0.000000621. The minimum atomic E-state index is -4.67. The molecule has 0 aliphatic heterocycles. The number of aryl methyl sites for hydroxylation is 1. The van der Waals surface area contributed by atoms with Gasteiger partial charge in [0.1, 0.15) is 0 Å². The Morgan fingerprint density at radius 3 is 1.95 bits per heavy atom. The topological polar surface area (TPSA) is 144 Å². The Labute approximate surface area is 118 Å².